The first-order chi connectivity index (χ1) is 9.22. The van der Waals surface area contributed by atoms with Gasteiger partial charge in [-0.05, 0) is 50.9 Å². The lowest BCUT2D eigenvalue weighted by Crippen LogP contribution is -2.37. The molecule has 0 spiro atoms. The zero-order valence-corrected chi connectivity index (χ0v) is 12.5. The largest absolute Gasteiger partial charge is 0.338 e. The summed E-state index contributed by atoms with van der Waals surface area (Å²) in [5.41, 5.74) is 0.706. The van der Waals surface area contributed by atoms with Crippen LogP contribution in [0.3, 0.4) is 0 Å². The Kier molecular flexibility index (Phi) is 5.41. The van der Waals surface area contributed by atoms with Crippen LogP contribution in [0.2, 0.25) is 0 Å². The summed E-state index contributed by atoms with van der Waals surface area (Å²) in [5.74, 6) is 2.11. The van der Waals surface area contributed by atoms with Crippen molar-refractivity contribution in [2.24, 2.45) is 16.8 Å². The molecular weight excluding hydrogens is 236 g/mol. The number of nitrogens with zero attached hydrogens (tertiary/aromatic N) is 2. The van der Waals surface area contributed by atoms with E-state index >= 15 is 0 Å². The second-order valence-corrected chi connectivity index (χ2v) is 6.15. The molecule has 2 rings (SSSR count). The quantitative estimate of drug-likeness (QED) is 0.753. The Bertz CT molecular complexity index is 338. The molecule has 1 fully saturated rings. The first-order valence-electron chi connectivity index (χ1n) is 8.02. The molecule has 1 aliphatic heterocycles. The van der Waals surface area contributed by atoms with Gasteiger partial charge in [0, 0.05) is 19.6 Å². The van der Waals surface area contributed by atoms with Crippen LogP contribution in [0, 0.1) is 11.8 Å². The van der Waals surface area contributed by atoms with Gasteiger partial charge in [0.2, 0.25) is 0 Å². The molecule has 0 N–H and O–H groups in total. The van der Waals surface area contributed by atoms with Crippen molar-refractivity contribution in [2.45, 2.75) is 58.8 Å². The lowest BCUT2D eigenvalue weighted by Gasteiger charge is -2.22. The normalized spacial score (nSPS) is 29.7. The number of amides is 1. The average Bonchev–Trinajstić information content (AvgIpc) is 3.14. The van der Waals surface area contributed by atoms with E-state index in [1.54, 1.807) is 0 Å². The second-order valence-electron chi connectivity index (χ2n) is 6.15. The molecule has 108 valence electrons. The summed E-state index contributed by atoms with van der Waals surface area (Å²) in [6.45, 7) is 6.64. The van der Waals surface area contributed by atoms with Crippen LogP contribution in [0.5, 0.6) is 0 Å². The first-order valence-corrected chi connectivity index (χ1v) is 8.02. The third kappa shape index (κ3) is 4.32. The van der Waals surface area contributed by atoms with Crippen LogP contribution < -0.4 is 0 Å². The van der Waals surface area contributed by atoms with Crippen molar-refractivity contribution in [2.75, 3.05) is 19.6 Å². The highest BCUT2D eigenvalue weighted by atomic mass is 16.2. The minimum Gasteiger partial charge on any atom is -0.338 e. The van der Waals surface area contributed by atoms with Crippen LogP contribution >= 0.6 is 0 Å². The molecule has 19 heavy (non-hydrogen) atoms. The molecule has 1 saturated carbocycles. The van der Waals surface area contributed by atoms with Crippen molar-refractivity contribution < 1.29 is 4.79 Å². The smallest absolute Gasteiger partial charge is 0.267 e. The van der Waals surface area contributed by atoms with E-state index in [0.29, 0.717) is 5.71 Å². The fourth-order valence-electron chi connectivity index (χ4n) is 3.21. The SMILES string of the molecule is CCCN1CCCC2CC2CCCCN=C(C)C1=O. The second kappa shape index (κ2) is 7.06. The summed E-state index contributed by atoms with van der Waals surface area (Å²) in [6, 6.07) is 0. The molecular formula is C16H28N2O. The Morgan fingerprint density at radius 1 is 1.21 bits per heavy atom. The Hall–Kier alpha value is -0.860. The minimum atomic E-state index is 0.161. The predicted molar refractivity (Wildman–Crippen MR) is 79.5 cm³/mol. The third-order valence-electron chi connectivity index (χ3n) is 4.49. The molecule has 3 nitrogen and oxygen atoms in total. The number of hydrogen-bond donors (Lipinski definition) is 0. The van der Waals surface area contributed by atoms with Gasteiger partial charge in [-0.1, -0.05) is 19.8 Å². The van der Waals surface area contributed by atoms with Gasteiger partial charge in [-0.3, -0.25) is 9.79 Å². The van der Waals surface area contributed by atoms with Gasteiger partial charge in [0.05, 0.1) is 5.71 Å². The monoisotopic (exact) mass is 264 g/mol. The molecule has 0 aromatic carbocycles. The zero-order valence-electron chi connectivity index (χ0n) is 12.5. The topological polar surface area (TPSA) is 32.7 Å². The number of fused-ring (bicyclic) bond motifs is 1. The molecule has 3 heteroatoms. The number of carbonyl (C=O) groups is 1. The maximum atomic E-state index is 12.3. The van der Waals surface area contributed by atoms with E-state index in [9.17, 15) is 4.79 Å². The molecule has 0 radical (unpaired) electrons. The predicted octanol–water partition coefficient (Wildman–Crippen LogP) is 3.29. The van der Waals surface area contributed by atoms with Crippen molar-refractivity contribution in [1.82, 2.24) is 4.90 Å². The van der Waals surface area contributed by atoms with Crippen LogP contribution in [-0.4, -0.2) is 36.2 Å². The van der Waals surface area contributed by atoms with E-state index in [2.05, 4.69) is 11.9 Å². The maximum absolute atomic E-state index is 12.3. The molecule has 1 amide bonds. The van der Waals surface area contributed by atoms with Crippen molar-refractivity contribution in [3.05, 3.63) is 0 Å². The van der Waals surface area contributed by atoms with Gasteiger partial charge in [-0.2, -0.15) is 0 Å². The Morgan fingerprint density at radius 3 is 2.68 bits per heavy atom. The van der Waals surface area contributed by atoms with E-state index in [1.807, 2.05) is 11.8 Å². The molecule has 2 atom stereocenters. The Balaban J connectivity index is 1.96. The average molecular weight is 264 g/mol. The van der Waals surface area contributed by atoms with Gasteiger partial charge in [0.1, 0.15) is 0 Å². The van der Waals surface area contributed by atoms with Gasteiger partial charge in [0.25, 0.3) is 5.91 Å². The fourth-order valence-corrected chi connectivity index (χ4v) is 3.21. The summed E-state index contributed by atoms with van der Waals surface area (Å²) in [7, 11) is 0. The van der Waals surface area contributed by atoms with E-state index in [4.69, 9.17) is 0 Å². The molecule has 1 aliphatic carbocycles. The van der Waals surface area contributed by atoms with E-state index < -0.39 is 0 Å². The van der Waals surface area contributed by atoms with E-state index in [-0.39, 0.29) is 5.91 Å². The number of hydrogen-bond acceptors (Lipinski definition) is 2. The molecule has 0 aromatic heterocycles. The van der Waals surface area contributed by atoms with Crippen LogP contribution in [0.4, 0.5) is 0 Å². The summed E-state index contributed by atoms with van der Waals surface area (Å²) in [6.07, 6.45) is 8.75. The van der Waals surface area contributed by atoms with Crippen molar-refractivity contribution in [3.8, 4) is 0 Å². The van der Waals surface area contributed by atoms with E-state index in [0.717, 1.165) is 44.3 Å². The van der Waals surface area contributed by atoms with Crippen LogP contribution in [-0.2, 0) is 4.79 Å². The lowest BCUT2D eigenvalue weighted by molar-refractivity contribution is -0.124. The van der Waals surface area contributed by atoms with Gasteiger partial charge in [0.15, 0.2) is 0 Å². The maximum Gasteiger partial charge on any atom is 0.267 e. The summed E-state index contributed by atoms with van der Waals surface area (Å²) < 4.78 is 0. The molecule has 1 heterocycles. The van der Waals surface area contributed by atoms with Gasteiger partial charge in [-0.15, -0.1) is 0 Å². The van der Waals surface area contributed by atoms with E-state index in [1.165, 1.54) is 32.1 Å². The highest BCUT2D eigenvalue weighted by molar-refractivity contribution is 6.37. The summed E-state index contributed by atoms with van der Waals surface area (Å²) in [5, 5.41) is 0. The summed E-state index contributed by atoms with van der Waals surface area (Å²) in [4.78, 5) is 18.8. The standard InChI is InChI=1S/C16H28N2O/c1-3-10-18-11-6-8-15-12-14(15)7-4-5-9-17-13(2)16(18)19/h14-15H,3-12H2,1-2H3. The minimum absolute atomic E-state index is 0.161. The summed E-state index contributed by atoms with van der Waals surface area (Å²) >= 11 is 0. The highest BCUT2D eigenvalue weighted by Crippen LogP contribution is 2.45. The molecule has 0 bridgehead atoms. The van der Waals surface area contributed by atoms with Crippen molar-refractivity contribution >= 4 is 11.6 Å². The number of carbonyl (C=O) groups excluding carboxylic acids is 1. The molecule has 0 saturated heterocycles. The lowest BCUT2D eigenvalue weighted by atomic mass is 10.1. The highest BCUT2D eigenvalue weighted by Gasteiger charge is 2.35. The Morgan fingerprint density at radius 2 is 1.95 bits per heavy atom. The molecule has 2 unspecified atom stereocenters. The van der Waals surface area contributed by atoms with Crippen LogP contribution in [0.1, 0.15) is 58.8 Å². The number of rotatable bonds is 2. The third-order valence-corrected chi connectivity index (χ3v) is 4.49. The van der Waals surface area contributed by atoms with Gasteiger partial charge < -0.3 is 4.90 Å². The van der Waals surface area contributed by atoms with Crippen LogP contribution in [0.25, 0.3) is 0 Å². The van der Waals surface area contributed by atoms with Gasteiger partial charge in [-0.25, -0.2) is 0 Å². The molecule has 2 aliphatic rings. The zero-order chi connectivity index (χ0) is 13.7. The molecule has 0 aromatic rings. The van der Waals surface area contributed by atoms with Gasteiger partial charge >= 0.3 is 0 Å². The first kappa shape index (κ1) is 14.5. The fraction of sp³-hybridized carbons (Fsp3) is 0.875. The van der Waals surface area contributed by atoms with Crippen molar-refractivity contribution in [3.63, 3.8) is 0 Å². The van der Waals surface area contributed by atoms with Crippen LogP contribution in [0.15, 0.2) is 4.99 Å². The Labute approximate surface area is 117 Å². The number of aliphatic imine (C=N–C) groups is 1. The van der Waals surface area contributed by atoms with Crippen molar-refractivity contribution in [1.29, 1.82) is 0 Å².